The summed E-state index contributed by atoms with van der Waals surface area (Å²) in [5.74, 6) is -11.1. The first-order valence-electron chi connectivity index (χ1n) is 6.86. The minimum absolute atomic E-state index is 0.103. The second kappa shape index (κ2) is 7.14. The number of benzene rings is 1. The highest BCUT2D eigenvalue weighted by atomic mass is 35.5. The number of anilines is 1. The van der Waals surface area contributed by atoms with Crippen LogP contribution < -0.4 is 5.32 Å². The van der Waals surface area contributed by atoms with Gasteiger partial charge >= 0.3 is 6.18 Å². The van der Waals surface area contributed by atoms with Crippen LogP contribution in [-0.4, -0.2) is 15.7 Å². The Labute approximate surface area is 146 Å². The molecule has 0 unspecified atom stereocenters. The van der Waals surface area contributed by atoms with Gasteiger partial charge in [-0.2, -0.15) is 18.3 Å². The largest absolute Gasteiger partial charge is 0.422 e. The summed E-state index contributed by atoms with van der Waals surface area (Å²) in [4.78, 5) is 11.7. The number of carbonyl (C=O) groups is 1. The molecular weight excluding hydrogens is 395 g/mol. The summed E-state index contributed by atoms with van der Waals surface area (Å²) < 4.78 is 93.0. The molecule has 12 heteroatoms. The average Bonchev–Trinajstić information content (AvgIpc) is 2.85. The lowest BCUT2D eigenvalue weighted by Crippen LogP contribution is -2.21. The Kier molecular flexibility index (Phi) is 5.49. The summed E-state index contributed by atoms with van der Waals surface area (Å²) in [5, 5.41) is 5.72. The molecule has 2 rings (SSSR count). The molecule has 4 nitrogen and oxygen atoms in total. The Morgan fingerprint density at radius 2 is 1.69 bits per heavy atom. The quantitative estimate of drug-likeness (QED) is 0.605. The molecule has 1 aromatic carbocycles. The van der Waals surface area contributed by atoms with E-state index in [1.165, 1.54) is 16.2 Å². The van der Waals surface area contributed by atoms with E-state index in [4.69, 9.17) is 11.6 Å². The van der Waals surface area contributed by atoms with Crippen LogP contribution in [0, 0.1) is 30.2 Å². The smallest absolute Gasteiger partial charge is 0.321 e. The minimum atomic E-state index is -5.66. The molecule has 0 aliphatic rings. The number of aryl methyl sites for hydroxylation is 2. The normalized spacial score (nSPS) is 11.7. The molecule has 0 spiro atoms. The molecule has 1 amide bonds. The maximum Gasteiger partial charge on any atom is 0.422 e. The van der Waals surface area contributed by atoms with Gasteiger partial charge in [-0.15, -0.1) is 0 Å². The SMILES string of the molecule is Cc1nn(CCC(=O)Nc2c(F)c(F)c(C(F)(F)F)c(F)c2F)cc1Cl. The van der Waals surface area contributed by atoms with Gasteiger partial charge in [-0.05, 0) is 6.92 Å². The predicted molar refractivity (Wildman–Crippen MR) is 76.5 cm³/mol. The number of nitrogens with zero attached hydrogens (tertiary/aromatic N) is 2. The first kappa shape index (κ1) is 20.0. The summed E-state index contributed by atoms with van der Waals surface area (Å²) in [6, 6.07) is 0. The van der Waals surface area contributed by atoms with Crippen LogP contribution in [0.3, 0.4) is 0 Å². The second-order valence-electron chi connectivity index (χ2n) is 5.13. The van der Waals surface area contributed by atoms with Crippen LogP contribution in [0.5, 0.6) is 0 Å². The standard InChI is InChI=1S/C14H9ClF7N3O/c1-5-6(15)4-25(24-5)3-2-7(26)23-13-11(18)9(16)8(14(20,21)22)10(17)12(13)19/h4H,2-3H2,1H3,(H,23,26). The van der Waals surface area contributed by atoms with Crippen LogP contribution in [0.4, 0.5) is 36.4 Å². The number of aromatic nitrogens is 2. The lowest BCUT2D eigenvalue weighted by atomic mass is 10.1. The molecule has 0 radical (unpaired) electrons. The Bertz CT molecular complexity index is 815. The fraction of sp³-hybridized carbons (Fsp3) is 0.286. The molecule has 0 saturated carbocycles. The van der Waals surface area contributed by atoms with Gasteiger partial charge in [-0.25, -0.2) is 17.6 Å². The Morgan fingerprint density at radius 3 is 2.12 bits per heavy atom. The number of rotatable bonds is 4. The third-order valence-corrected chi connectivity index (χ3v) is 3.64. The lowest BCUT2D eigenvalue weighted by Gasteiger charge is -2.14. The Morgan fingerprint density at radius 1 is 1.15 bits per heavy atom. The van der Waals surface area contributed by atoms with Crippen molar-refractivity contribution in [3.05, 3.63) is 45.7 Å². The third-order valence-electron chi connectivity index (χ3n) is 3.27. The monoisotopic (exact) mass is 403 g/mol. The third kappa shape index (κ3) is 3.92. The summed E-state index contributed by atoms with van der Waals surface area (Å²) in [6.45, 7) is 1.48. The van der Waals surface area contributed by atoms with Crippen molar-refractivity contribution in [2.45, 2.75) is 26.1 Å². The highest BCUT2D eigenvalue weighted by Crippen LogP contribution is 2.38. The number of carbonyl (C=O) groups excluding carboxylic acids is 1. The molecule has 26 heavy (non-hydrogen) atoms. The van der Waals surface area contributed by atoms with Gasteiger partial charge < -0.3 is 5.32 Å². The second-order valence-corrected chi connectivity index (χ2v) is 5.53. The topological polar surface area (TPSA) is 46.9 Å². The predicted octanol–water partition coefficient (Wildman–Crippen LogP) is 4.45. The maximum absolute atomic E-state index is 13.7. The number of amides is 1. The Balaban J connectivity index is 2.22. The summed E-state index contributed by atoms with van der Waals surface area (Å²) in [7, 11) is 0. The van der Waals surface area contributed by atoms with Gasteiger partial charge in [0.05, 0.1) is 10.7 Å². The van der Waals surface area contributed by atoms with E-state index in [-0.39, 0.29) is 6.54 Å². The van der Waals surface area contributed by atoms with E-state index in [0.717, 1.165) is 0 Å². The molecule has 0 fully saturated rings. The van der Waals surface area contributed by atoms with Crippen LogP contribution in [0.1, 0.15) is 17.7 Å². The molecule has 0 atom stereocenters. The van der Waals surface area contributed by atoms with Crippen molar-refractivity contribution in [1.82, 2.24) is 9.78 Å². The molecule has 1 aromatic heterocycles. The number of halogens is 8. The zero-order valence-electron chi connectivity index (χ0n) is 12.8. The van der Waals surface area contributed by atoms with Crippen LogP contribution in [0.15, 0.2) is 6.20 Å². The molecule has 2 aromatic rings. The van der Waals surface area contributed by atoms with Gasteiger partial charge in [-0.3, -0.25) is 9.48 Å². The van der Waals surface area contributed by atoms with Crippen molar-refractivity contribution >= 4 is 23.2 Å². The summed E-state index contributed by atoms with van der Waals surface area (Å²) in [6.07, 6.45) is -4.74. The highest BCUT2D eigenvalue weighted by Gasteiger charge is 2.42. The van der Waals surface area contributed by atoms with Crippen LogP contribution >= 0.6 is 11.6 Å². The van der Waals surface area contributed by atoms with E-state index in [1.807, 2.05) is 0 Å². The molecular formula is C14H9ClF7N3O. The van der Waals surface area contributed by atoms with Gasteiger partial charge in [0.25, 0.3) is 0 Å². The van der Waals surface area contributed by atoms with Gasteiger partial charge in [0.15, 0.2) is 23.3 Å². The molecule has 1 heterocycles. The minimum Gasteiger partial charge on any atom is -0.321 e. The van der Waals surface area contributed by atoms with Crippen LogP contribution in [-0.2, 0) is 17.5 Å². The van der Waals surface area contributed by atoms with Crippen LogP contribution in [0.2, 0.25) is 5.02 Å². The van der Waals surface area contributed by atoms with E-state index in [1.54, 1.807) is 6.92 Å². The lowest BCUT2D eigenvalue weighted by molar-refractivity contribution is -0.143. The van der Waals surface area contributed by atoms with E-state index in [2.05, 4.69) is 5.10 Å². The number of hydrogen-bond donors (Lipinski definition) is 1. The van der Waals surface area contributed by atoms with E-state index in [0.29, 0.717) is 10.7 Å². The molecule has 142 valence electrons. The Hall–Kier alpha value is -2.30. The summed E-state index contributed by atoms with van der Waals surface area (Å²) in [5.41, 5.74) is -3.91. The molecule has 1 N–H and O–H groups in total. The van der Waals surface area contributed by atoms with E-state index < -0.39 is 53.0 Å². The van der Waals surface area contributed by atoms with Crippen molar-refractivity contribution in [1.29, 1.82) is 0 Å². The molecule has 0 aliphatic carbocycles. The molecule has 0 saturated heterocycles. The zero-order valence-corrected chi connectivity index (χ0v) is 13.6. The maximum atomic E-state index is 13.7. The first-order valence-corrected chi connectivity index (χ1v) is 7.23. The average molecular weight is 404 g/mol. The van der Waals surface area contributed by atoms with Crippen molar-refractivity contribution in [3.8, 4) is 0 Å². The fourth-order valence-electron chi connectivity index (χ4n) is 2.02. The van der Waals surface area contributed by atoms with Crippen molar-refractivity contribution < 1.29 is 35.5 Å². The number of nitrogens with one attached hydrogen (secondary N) is 1. The van der Waals surface area contributed by atoms with E-state index in [9.17, 15) is 35.5 Å². The summed E-state index contributed by atoms with van der Waals surface area (Å²) >= 11 is 5.74. The van der Waals surface area contributed by atoms with Gasteiger partial charge in [0, 0.05) is 19.2 Å². The molecule has 0 aliphatic heterocycles. The molecule has 0 bridgehead atoms. The highest BCUT2D eigenvalue weighted by molar-refractivity contribution is 6.31. The first-order chi connectivity index (χ1) is 11.9. The van der Waals surface area contributed by atoms with Crippen molar-refractivity contribution in [2.75, 3.05) is 5.32 Å². The van der Waals surface area contributed by atoms with Crippen molar-refractivity contribution in [2.24, 2.45) is 0 Å². The van der Waals surface area contributed by atoms with Crippen LogP contribution in [0.25, 0.3) is 0 Å². The number of alkyl halides is 3. The van der Waals surface area contributed by atoms with E-state index >= 15 is 0 Å². The van der Waals surface area contributed by atoms with Gasteiger partial charge in [0.1, 0.15) is 11.3 Å². The number of hydrogen-bond acceptors (Lipinski definition) is 2. The van der Waals surface area contributed by atoms with Gasteiger partial charge in [0.2, 0.25) is 5.91 Å². The fourth-order valence-corrected chi connectivity index (χ4v) is 2.17. The zero-order chi connectivity index (χ0) is 19.8. The van der Waals surface area contributed by atoms with Gasteiger partial charge in [-0.1, -0.05) is 11.6 Å². The van der Waals surface area contributed by atoms with Crippen molar-refractivity contribution in [3.63, 3.8) is 0 Å².